The van der Waals surface area contributed by atoms with Gasteiger partial charge in [0.2, 0.25) is 15.9 Å². The molecule has 2 atom stereocenters. The number of carbonyl (C=O) groups excluding carboxylic acids is 1. The number of sulfonamides is 1. The van der Waals surface area contributed by atoms with Gasteiger partial charge in [-0.3, -0.25) is 19.4 Å². The second-order valence-corrected chi connectivity index (χ2v) is 13.0. The molecular weight excluding hydrogens is 551 g/mol. The molecule has 5 heterocycles. The van der Waals surface area contributed by atoms with Crippen LogP contribution in [0.25, 0.3) is 11.1 Å². The smallest absolute Gasteiger partial charge is 0.247 e. The number of amides is 1. The lowest BCUT2D eigenvalue weighted by molar-refractivity contribution is -0.127. The Kier molecular flexibility index (Phi) is 7.30. The first kappa shape index (κ1) is 27.8. The molecule has 2 N–H and O–H groups in total. The molecule has 3 aliphatic rings. The van der Waals surface area contributed by atoms with E-state index in [0.29, 0.717) is 44.5 Å². The third kappa shape index (κ3) is 5.46. The predicted molar refractivity (Wildman–Crippen MR) is 147 cm³/mol. The summed E-state index contributed by atoms with van der Waals surface area (Å²) >= 11 is 0. The van der Waals surface area contributed by atoms with Gasteiger partial charge in [-0.1, -0.05) is 6.07 Å². The molecule has 1 amide bonds. The number of carbonyl (C=O) groups is 1. The molecule has 1 aromatic carbocycles. The third-order valence-electron chi connectivity index (χ3n) is 8.39. The summed E-state index contributed by atoms with van der Waals surface area (Å²) in [5.41, 5.74) is 1.48. The standard InChI is InChI=1S/C28H33FN6O5S/c1-33-16-21(14-31-33)19-2-3-26-25(12-19)40-11-7-28(32-27(37)24-13-22(36)18-35(24)41(26,38)39)5-9-34(10-6-28)17-20-4-8-30-15-23(20)29/h2-4,8,12,14-16,22,24,36H,5-7,9-11,13,17-18H2,1H3,(H,32,37)/t22-,24+/m1/s1. The lowest BCUT2D eigenvalue weighted by Gasteiger charge is -2.43. The molecule has 1 spiro atoms. The van der Waals surface area contributed by atoms with Gasteiger partial charge in [0.15, 0.2) is 0 Å². The minimum Gasteiger partial charge on any atom is -0.492 e. The van der Waals surface area contributed by atoms with Crippen molar-refractivity contribution < 1.29 is 27.4 Å². The van der Waals surface area contributed by atoms with Gasteiger partial charge in [-0.2, -0.15) is 9.40 Å². The molecule has 2 fully saturated rings. The summed E-state index contributed by atoms with van der Waals surface area (Å²) in [5.74, 6) is -0.578. The quantitative estimate of drug-likeness (QED) is 0.476. The van der Waals surface area contributed by atoms with Gasteiger partial charge in [0.1, 0.15) is 22.5 Å². The Bertz CT molecular complexity index is 1550. The van der Waals surface area contributed by atoms with E-state index in [0.717, 1.165) is 15.4 Å². The van der Waals surface area contributed by atoms with E-state index in [4.69, 9.17) is 4.74 Å². The Morgan fingerprint density at radius 3 is 2.71 bits per heavy atom. The average molecular weight is 585 g/mol. The van der Waals surface area contributed by atoms with Crippen molar-refractivity contribution in [3.8, 4) is 16.9 Å². The highest BCUT2D eigenvalue weighted by Crippen LogP contribution is 2.37. The lowest BCUT2D eigenvalue weighted by Crippen LogP contribution is -2.59. The van der Waals surface area contributed by atoms with Crippen molar-refractivity contribution in [3.05, 3.63) is 60.4 Å². The van der Waals surface area contributed by atoms with Crippen LogP contribution in [0, 0.1) is 5.82 Å². The fourth-order valence-corrected chi connectivity index (χ4v) is 7.80. The Morgan fingerprint density at radius 1 is 1.17 bits per heavy atom. The van der Waals surface area contributed by atoms with Crippen LogP contribution in [0.2, 0.25) is 0 Å². The lowest BCUT2D eigenvalue weighted by atomic mass is 9.84. The van der Waals surface area contributed by atoms with Crippen LogP contribution in [-0.2, 0) is 28.4 Å². The zero-order chi connectivity index (χ0) is 28.8. The van der Waals surface area contributed by atoms with Crippen LogP contribution in [0.4, 0.5) is 4.39 Å². The summed E-state index contributed by atoms with van der Waals surface area (Å²) < 4.78 is 50.9. The van der Waals surface area contributed by atoms with Gasteiger partial charge in [-0.05, 0) is 36.6 Å². The van der Waals surface area contributed by atoms with Gasteiger partial charge in [-0.25, -0.2) is 12.8 Å². The van der Waals surface area contributed by atoms with Crippen LogP contribution >= 0.6 is 0 Å². The van der Waals surface area contributed by atoms with Crippen LogP contribution in [0.15, 0.2) is 53.9 Å². The van der Waals surface area contributed by atoms with Crippen molar-refractivity contribution in [2.45, 2.75) is 54.8 Å². The Labute approximate surface area is 238 Å². The Balaban J connectivity index is 1.30. The number of hydrogen-bond donors (Lipinski definition) is 2. The average Bonchev–Trinajstić information content (AvgIpc) is 3.57. The number of aliphatic hydroxyl groups is 1. The second-order valence-electron chi connectivity index (χ2n) is 11.2. The number of piperidine rings is 1. The molecular formula is C28H33FN6O5S. The molecule has 13 heteroatoms. The highest BCUT2D eigenvalue weighted by molar-refractivity contribution is 7.89. The number of pyridine rings is 1. The molecule has 0 radical (unpaired) electrons. The highest BCUT2D eigenvalue weighted by atomic mass is 32.2. The number of nitrogens with zero attached hydrogens (tertiary/aromatic N) is 5. The van der Waals surface area contributed by atoms with E-state index in [1.54, 1.807) is 42.3 Å². The second kappa shape index (κ2) is 10.8. The summed E-state index contributed by atoms with van der Waals surface area (Å²) in [5, 5.41) is 17.8. The SMILES string of the molecule is Cn1cc(-c2ccc3c(c2)OCCC2(CCN(Cc4ccncc4F)CC2)NC(=O)[C@@H]2C[C@@H](O)CN2S3(=O)=O)cn1. The number of hydrogen-bond acceptors (Lipinski definition) is 8. The summed E-state index contributed by atoms with van der Waals surface area (Å²) in [6.45, 7) is 1.66. The number of nitrogens with one attached hydrogen (secondary N) is 1. The van der Waals surface area contributed by atoms with Gasteiger partial charge in [0, 0.05) is 75.1 Å². The topological polar surface area (TPSA) is 130 Å². The number of likely N-dealkylation sites (tertiary alicyclic amines) is 1. The van der Waals surface area contributed by atoms with Crippen LogP contribution in [0.3, 0.4) is 0 Å². The molecule has 2 aromatic heterocycles. The molecule has 2 saturated heterocycles. The Morgan fingerprint density at radius 2 is 1.98 bits per heavy atom. The fraction of sp³-hybridized carbons (Fsp3) is 0.464. The highest BCUT2D eigenvalue weighted by Gasteiger charge is 2.47. The first-order chi connectivity index (χ1) is 19.6. The van der Waals surface area contributed by atoms with Crippen molar-refractivity contribution in [1.29, 1.82) is 0 Å². The first-order valence-electron chi connectivity index (χ1n) is 13.7. The number of aromatic nitrogens is 3. The zero-order valence-corrected chi connectivity index (χ0v) is 23.6. The largest absolute Gasteiger partial charge is 0.492 e. The maximum absolute atomic E-state index is 14.2. The molecule has 3 aliphatic heterocycles. The molecule has 0 saturated carbocycles. The normalized spacial score (nSPS) is 24.6. The van der Waals surface area contributed by atoms with E-state index >= 15 is 0 Å². The van der Waals surface area contributed by atoms with Crippen LogP contribution < -0.4 is 10.1 Å². The first-order valence-corrected chi connectivity index (χ1v) is 15.2. The van der Waals surface area contributed by atoms with Crippen molar-refractivity contribution in [3.63, 3.8) is 0 Å². The number of ether oxygens (including phenoxy) is 1. The van der Waals surface area contributed by atoms with Crippen LogP contribution in [-0.4, -0.2) is 87.3 Å². The molecule has 3 aromatic rings. The van der Waals surface area contributed by atoms with E-state index < -0.39 is 33.6 Å². The zero-order valence-electron chi connectivity index (χ0n) is 22.7. The van der Waals surface area contributed by atoms with Crippen molar-refractivity contribution >= 4 is 15.9 Å². The fourth-order valence-electron chi connectivity index (χ4n) is 6.05. The molecule has 0 bridgehead atoms. The predicted octanol–water partition coefficient (Wildman–Crippen LogP) is 1.68. The van der Waals surface area contributed by atoms with Crippen LogP contribution in [0.1, 0.15) is 31.2 Å². The van der Waals surface area contributed by atoms with E-state index in [1.807, 2.05) is 6.20 Å². The van der Waals surface area contributed by atoms with Gasteiger partial charge >= 0.3 is 0 Å². The molecule has 6 rings (SSSR count). The maximum Gasteiger partial charge on any atom is 0.247 e. The maximum atomic E-state index is 14.2. The number of halogens is 1. The third-order valence-corrected chi connectivity index (χ3v) is 10.3. The number of aryl methyl sites for hydroxylation is 1. The minimum atomic E-state index is -4.17. The van der Waals surface area contributed by atoms with Gasteiger partial charge in [0.05, 0.1) is 25.1 Å². The van der Waals surface area contributed by atoms with E-state index in [1.165, 1.54) is 12.3 Å². The number of rotatable bonds is 3. The number of aliphatic hydroxyl groups excluding tert-OH is 1. The monoisotopic (exact) mass is 584 g/mol. The van der Waals surface area contributed by atoms with Gasteiger partial charge < -0.3 is 15.2 Å². The van der Waals surface area contributed by atoms with Gasteiger partial charge in [0.25, 0.3) is 0 Å². The van der Waals surface area contributed by atoms with Crippen molar-refractivity contribution in [2.75, 3.05) is 26.2 Å². The molecule has 41 heavy (non-hydrogen) atoms. The molecule has 0 aliphatic carbocycles. The van der Waals surface area contributed by atoms with Gasteiger partial charge in [-0.15, -0.1) is 0 Å². The summed E-state index contributed by atoms with van der Waals surface area (Å²) in [6, 6.07) is 5.51. The van der Waals surface area contributed by atoms with Crippen molar-refractivity contribution in [2.24, 2.45) is 7.05 Å². The molecule has 218 valence electrons. The Hall–Kier alpha value is -3.39. The summed E-state index contributed by atoms with van der Waals surface area (Å²) in [6.07, 6.45) is 6.97. The van der Waals surface area contributed by atoms with E-state index in [2.05, 4.69) is 20.3 Å². The number of fused-ring (bicyclic) bond motifs is 2. The van der Waals surface area contributed by atoms with E-state index in [9.17, 15) is 22.7 Å². The van der Waals surface area contributed by atoms with Crippen molar-refractivity contribution in [1.82, 2.24) is 29.3 Å². The summed E-state index contributed by atoms with van der Waals surface area (Å²) in [4.78, 5) is 19.6. The minimum absolute atomic E-state index is 0.0124. The number of benzene rings is 1. The molecule has 11 nitrogen and oxygen atoms in total. The summed E-state index contributed by atoms with van der Waals surface area (Å²) in [7, 11) is -2.36. The molecule has 0 unspecified atom stereocenters. The van der Waals surface area contributed by atoms with Crippen LogP contribution in [0.5, 0.6) is 5.75 Å². The van der Waals surface area contributed by atoms with E-state index in [-0.39, 0.29) is 36.0 Å².